The van der Waals surface area contributed by atoms with Crippen molar-refractivity contribution in [1.82, 2.24) is 15.5 Å². The van der Waals surface area contributed by atoms with Gasteiger partial charge in [-0.2, -0.15) is 0 Å². The smallest absolute Gasteiger partial charge is 0.410 e. The number of hydrogen-bond acceptors (Lipinski definition) is 4. The molecule has 0 aliphatic carbocycles. The predicted molar refractivity (Wildman–Crippen MR) is 119 cm³/mol. The number of ether oxygens (including phenoxy) is 2. The van der Waals surface area contributed by atoms with Crippen molar-refractivity contribution < 1.29 is 14.3 Å². The molecule has 158 valence electrons. The van der Waals surface area contributed by atoms with Crippen LogP contribution in [0.3, 0.4) is 0 Å². The summed E-state index contributed by atoms with van der Waals surface area (Å²) < 4.78 is 11.2. The molecule has 0 aromatic rings. The first kappa shape index (κ1) is 24.3. The summed E-state index contributed by atoms with van der Waals surface area (Å²) in [7, 11) is 0. The third-order valence-corrected chi connectivity index (χ3v) is 4.58. The molecular formula is C19H37IN4O3. The summed E-state index contributed by atoms with van der Waals surface area (Å²) in [6.07, 6.45) is 5.37. The van der Waals surface area contributed by atoms with E-state index in [0.717, 1.165) is 57.8 Å². The number of rotatable bonds is 5. The van der Waals surface area contributed by atoms with Crippen LogP contribution in [0.25, 0.3) is 0 Å². The van der Waals surface area contributed by atoms with Gasteiger partial charge in [-0.25, -0.2) is 4.79 Å². The lowest BCUT2D eigenvalue weighted by molar-refractivity contribution is 0.0104. The molecule has 0 radical (unpaired) electrons. The van der Waals surface area contributed by atoms with E-state index in [9.17, 15) is 4.79 Å². The van der Waals surface area contributed by atoms with Crippen molar-refractivity contribution in [2.45, 2.75) is 77.5 Å². The first-order valence-electron chi connectivity index (χ1n) is 10.0. The van der Waals surface area contributed by atoms with E-state index in [1.54, 1.807) is 0 Å². The van der Waals surface area contributed by atoms with E-state index in [-0.39, 0.29) is 42.2 Å². The SMILES string of the molecule is CCNC(=NCC1CCCO1)NCC1CCCCN1C(=O)OC(C)(C)C.I. The molecule has 7 nitrogen and oxygen atoms in total. The fourth-order valence-electron chi connectivity index (χ4n) is 3.31. The minimum absolute atomic E-state index is 0. The van der Waals surface area contributed by atoms with Crippen LogP contribution in [0.2, 0.25) is 0 Å². The molecule has 0 saturated carbocycles. The molecule has 2 unspecified atom stereocenters. The Morgan fingerprint density at radius 1 is 1.22 bits per heavy atom. The quantitative estimate of drug-likeness (QED) is 0.348. The summed E-state index contributed by atoms with van der Waals surface area (Å²) in [4.78, 5) is 19.0. The number of piperidine rings is 1. The average Bonchev–Trinajstić information content (AvgIpc) is 3.09. The highest BCUT2D eigenvalue weighted by Gasteiger charge is 2.30. The van der Waals surface area contributed by atoms with Gasteiger partial charge < -0.3 is 25.0 Å². The molecule has 2 heterocycles. The lowest BCUT2D eigenvalue weighted by atomic mass is 10.0. The third kappa shape index (κ3) is 8.85. The van der Waals surface area contributed by atoms with Crippen LogP contribution < -0.4 is 10.6 Å². The molecule has 0 bridgehead atoms. The van der Waals surface area contributed by atoms with Crippen LogP contribution in [0.15, 0.2) is 4.99 Å². The minimum atomic E-state index is -0.468. The maximum Gasteiger partial charge on any atom is 0.410 e. The van der Waals surface area contributed by atoms with E-state index < -0.39 is 5.60 Å². The molecule has 2 rings (SSSR count). The summed E-state index contributed by atoms with van der Waals surface area (Å²) in [6, 6.07) is 0.130. The Morgan fingerprint density at radius 2 is 2.00 bits per heavy atom. The molecular weight excluding hydrogens is 459 g/mol. The summed E-state index contributed by atoms with van der Waals surface area (Å²) >= 11 is 0. The van der Waals surface area contributed by atoms with Crippen molar-refractivity contribution in [2.75, 3.05) is 32.8 Å². The van der Waals surface area contributed by atoms with Gasteiger partial charge in [0.05, 0.1) is 18.7 Å². The maximum absolute atomic E-state index is 12.5. The highest BCUT2D eigenvalue weighted by molar-refractivity contribution is 14.0. The van der Waals surface area contributed by atoms with Crippen molar-refractivity contribution in [3.63, 3.8) is 0 Å². The van der Waals surface area contributed by atoms with Crippen LogP contribution in [-0.4, -0.2) is 67.5 Å². The predicted octanol–water partition coefficient (Wildman–Crippen LogP) is 3.13. The van der Waals surface area contributed by atoms with Crippen LogP contribution in [0.4, 0.5) is 4.79 Å². The molecule has 0 aromatic heterocycles. The number of likely N-dealkylation sites (tertiary alicyclic amines) is 1. The topological polar surface area (TPSA) is 75.2 Å². The number of amides is 1. The van der Waals surface area contributed by atoms with E-state index in [1.165, 1.54) is 0 Å². The van der Waals surface area contributed by atoms with Gasteiger partial charge >= 0.3 is 6.09 Å². The fourth-order valence-corrected chi connectivity index (χ4v) is 3.31. The molecule has 2 aliphatic heterocycles. The van der Waals surface area contributed by atoms with Gasteiger partial charge in [-0.1, -0.05) is 0 Å². The van der Waals surface area contributed by atoms with Gasteiger partial charge in [0.15, 0.2) is 5.96 Å². The number of aliphatic imine (C=N–C) groups is 1. The van der Waals surface area contributed by atoms with E-state index in [2.05, 4.69) is 22.5 Å². The second-order valence-corrected chi connectivity index (χ2v) is 8.06. The third-order valence-electron chi connectivity index (χ3n) is 4.58. The number of nitrogens with zero attached hydrogens (tertiary/aromatic N) is 2. The molecule has 2 fully saturated rings. The van der Waals surface area contributed by atoms with Crippen molar-refractivity contribution in [3.05, 3.63) is 0 Å². The van der Waals surface area contributed by atoms with E-state index in [4.69, 9.17) is 9.47 Å². The Bertz CT molecular complexity index is 476. The molecule has 2 aliphatic rings. The van der Waals surface area contributed by atoms with E-state index >= 15 is 0 Å². The molecule has 2 atom stereocenters. The largest absolute Gasteiger partial charge is 0.444 e. The lowest BCUT2D eigenvalue weighted by Gasteiger charge is -2.37. The number of halogens is 1. The highest BCUT2D eigenvalue weighted by atomic mass is 127. The number of hydrogen-bond donors (Lipinski definition) is 2. The average molecular weight is 496 g/mol. The molecule has 2 saturated heterocycles. The maximum atomic E-state index is 12.5. The number of guanidine groups is 1. The van der Waals surface area contributed by atoms with Crippen molar-refractivity contribution in [1.29, 1.82) is 0 Å². The zero-order valence-corrected chi connectivity index (χ0v) is 19.6. The summed E-state index contributed by atoms with van der Waals surface area (Å²) in [5, 5.41) is 6.67. The number of carbonyl (C=O) groups is 1. The van der Waals surface area contributed by atoms with E-state index in [1.807, 2.05) is 25.7 Å². The van der Waals surface area contributed by atoms with Gasteiger partial charge in [-0.05, 0) is 59.8 Å². The Hall–Kier alpha value is -0.770. The van der Waals surface area contributed by atoms with E-state index in [0.29, 0.717) is 13.1 Å². The van der Waals surface area contributed by atoms with Crippen molar-refractivity contribution in [2.24, 2.45) is 4.99 Å². The van der Waals surface area contributed by atoms with Gasteiger partial charge in [-0.15, -0.1) is 24.0 Å². The van der Waals surface area contributed by atoms with Gasteiger partial charge in [0.1, 0.15) is 5.60 Å². The summed E-state index contributed by atoms with van der Waals surface area (Å²) in [5.74, 6) is 0.790. The van der Waals surface area contributed by atoms with Crippen molar-refractivity contribution in [3.8, 4) is 0 Å². The Labute approximate surface area is 181 Å². The zero-order valence-electron chi connectivity index (χ0n) is 17.3. The molecule has 27 heavy (non-hydrogen) atoms. The molecule has 2 N–H and O–H groups in total. The molecule has 8 heteroatoms. The summed E-state index contributed by atoms with van der Waals surface area (Å²) in [5.41, 5.74) is -0.468. The fraction of sp³-hybridized carbons (Fsp3) is 0.895. The van der Waals surface area contributed by atoms with Gasteiger partial charge in [-0.3, -0.25) is 4.99 Å². The molecule has 0 aromatic carbocycles. The minimum Gasteiger partial charge on any atom is -0.444 e. The standard InChI is InChI=1S/C19H36N4O3.HI/c1-5-20-17(22-14-16-10-8-12-25-16)21-13-15-9-6-7-11-23(15)18(24)26-19(2,3)4;/h15-16H,5-14H2,1-4H3,(H2,20,21,22);1H. The first-order valence-corrected chi connectivity index (χ1v) is 10.0. The van der Waals surface area contributed by atoms with Gasteiger partial charge in [0.2, 0.25) is 0 Å². The van der Waals surface area contributed by atoms with Crippen LogP contribution in [-0.2, 0) is 9.47 Å². The molecule has 0 spiro atoms. The number of carbonyl (C=O) groups excluding carboxylic acids is 1. The second-order valence-electron chi connectivity index (χ2n) is 8.06. The second kappa shape index (κ2) is 11.9. The van der Waals surface area contributed by atoms with Gasteiger partial charge in [0, 0.05) is 26.2 Å². The molecule has 1 amide bonds. The van der Waals surface area contributed by atoms with Crippen LogP contribution in [0, 0.1) is 0 Å². The monoisotopic (exact) mass is 496 g/mol. The Morgan fingerprint density at radius 3 is 2.63 bits per heavy atom. The van der Waals surface area contributed by atoms with Crippen LogP contribution in [0.1, 0.15) is 59.8 Å². The normalized spacial score (nSPS) is 23.6. The Kier molecular flexibility index (Phi) is 10.7. The van der Waals surface area contributed by atoms with Crippen LogP contribution >= 0.6 is 24.0 Å². The van der Waals surface area contributed by atoms with Crippen LogP contribution in [0.5, 0.6) is 0 Å². The zero-order chi connectivity index (χ0) is 19.0. The van der Waals surface area contributed by atoms with Gasteiger partial charge in [0.25, 0.3) is 0 Å². The summed E-state index contributed by atoms with van der Waals surface area (Å²) in [6.45, 7) is 11.5. The van der Waals surface area contributed by atoms with Crippen molar-refractivity contribution >= 4 is 36.0 Å². The highest BCUT2D eigenvalue weighted by Crippen LogP contribution is 2.20. The lowest BCUT2D eigenvalue weighted by Crippen LogP contribution is -2.52. The number of nitrogens with one attached hydrogen (secondary N) is 2. The first-order chi connectivity index (χ1) is 12.4. The Balaban J connectivity index is 0.00000364.